The number of piperidine rings is 1. The summed E-state index contributed by atoms with van der Waals surface area (Å²) in [6.45, 7) is 3.88. The summed E-state index contributed by atoms with van der Waals surface area (Å²) in [7, 11) is 0. The van der Waals surface area contributed by atoms with Crippen LogP contribution >= 0.6 is 0 Å². The molecule has 0 bridgehead atoms. The third kappa shape index (κ3) is 3.85. The maximum atomic E-state index is 12.2. The number of rotatable bonds is 5. The van der Waals surface area contributed by atoms with Gasteiger partial charge < -0.3 is 15.2 Å². The maximum Gasteiger partial charge on any atom is 0.225 e. The second-order valence-electron chi connectivity index (χ2n) is 5.34. The molecule has 20 heavy (non-hydrogen) atoms. The number of carbonyl (C=O) groups excluding carboxylic acids is 2. The SMILES string of the molecule is CCCC(=O)N1CCC[C@H](C(=O)NCc2ccc[nH]2)C1. The lowest BCUT2D eigenvalue weighted by Crippen LogP contribution is -2.45. The van der Waals surface area contributed by atoms with Crippen molar-refractivity contribution in [3.8, 4) is 0 Å². The molecule has 5 heteroatoms. The van der Waals surface area contributed by atoms with Crippen molar-refractivity contribution < 1.29 is 9.59 Å². The molecule has 0 radical (unpaired) electrons. The summed E-state index contributed by atoms with van der Waals surface area (Å²) in [6.07, 6.45) is 5.06. The largest absolute Gasteiger partial charge is 0.364 e. The van der Waals surface area contributed by atoms with Crippen molar-refractivity contribution >= 4 is 11.8 Å². The van der Waals surface area contributed by atoms with Crippen molar-refractivity contribution in [3.05, 3.63) is 24.0 Å². The van der Waals surface area contributed by atoms with Crippen molar-refractivity contribution in [3.63, 3.8) is 0 Å². The van der Waals surface area contributed by atoms with E-state index in [0.29, 0.717) is 19.5 Å². The lowest BCUT2D eigenvalue weighted by atomic mass is 9.96. The Morgan fingerprint density at radius 3 is 3.05 bits per heavy atom. The number of aromatic amines is 1. The van der Waals surface area contributed by atoms with Gasteiger partial charge >= 0.3 is 0 Å². The second-order valence-corrected chi connectivity index (χ2v) is 5.34. The average Bonchev–Trinajstić information content (AvgIpc) is 2.98. The molecule has 2 N–H and O–H groups in total. The number of nitrogens with one attached hydrogen (secondary N) is 2. The molecule has 0 aliphatic carbocycles. The van der Waals surface area contributed by atoms with Gasteiger partial charge in [0.15, 0.2) is 0 Å². The fourth-order valence-electron chi connectivity index (χ4n) is 2.59. The van der Waals surface area contributed by atoms with E-state index in [2.05, 4.69) is 10.3 Å². The van der Waals surface area contributed by atoms with E-state index in [1.54, 1.807) is 0 Å². The van der Waals surface area contributed by atoms with E-state index in [-0.39, 0.29) is 17.7 Å². The summed E-state index contributed by atoms with van der Waals surface area (Å²) in [5, 5.41) is 2.94. The Morgan fingerprint density at radius 1 is 1.50 bits per heavy atom. The third-order valence-electron chi connectivity index (χ3n) is 3.72. The highest BCUT2D eigenvalue weighted by atomic mass is 16.2. The Bertz CT molecular complexity index is 442. The van der Waals surface area contributed by atoms with E-state index in [1.165, 1.54) is 0 Å². The Hall–Kier alpha value is -1.78. The van der Waals surface area contributed by atoms with Crippen LogP contribution in [0.5, 0.6) is 0 Å². The first-order chi connectivity index (χ1) is 9.70. The molecule has 110 valence electrons. The van der Waals surface area contributed by atoms with Crippen LogP contribution in [0.4, 0.5) is 0 Å². The number of aromatic nitrogens is 1. The Morgan fingerprint density at radius 2 is 2.35 bits per heavy atom. The lowest BCUT2D eigenvalue weighted by Gasteiger charge is -2.32. The fourth-order valence-corrected chi connectivity index (χ4v) is 2.59. The first-order valence-electron chi connectivity index (χ1n) is 7.38. The van der Waals surface area contributed by atoms with E-state index in [9.17, 15) is 9.59 Å². The number of carbonyl (C=O) groups is 2. The average molecular weight is 277 g/mol. The highest BCUT2D eigenvalue weighted by Crippen LogP contribution is 2.17. The van der Waals surface area contributed by atoms with E-state index >= 15 is 0 Å². The first-order valence-corrected chi connectivity index (χ1v) is 7.38. The minimum Gasteiger partial charge on any atom is -0.364 e. The standard InChI is InChI=1S/C15H23N3O2/c1-2-5-14(19)18-9-4-6-12(11-18)15(20)17-10-13-7-3-8-16-13/h3,7-8,12,16H,2,4-6,9-11H2,1H3,(H,17,20)/t12-/m0/s1. The Labute approximate surface area is 119 Å². The van der Waals surface area contributed by atoms with Gasteiger partial charge in [0.1, 0.15) is 0 Å². The molecule has 0 spiro atoms. The van der Waals surface area contributed by atoms with Gasteiger partial charge in [-0.15, -0.1) is 0 Å². The molecule has 2 rings (SSSR count). The molecule has 2 heterocycles. The molecule has 5 nitrogen and oxygen atoms in total. The summed E-state index contributed by atoms with van der Waals surface area (Å²) in [4.78, 5) is 29.0. The highest BCUT2D eigenvalue weighted by molar-refractivity contribution is 5.81. The number of amides is 2. The summed E-state index contributed by atoms with van der Waals surface area (Å²) in [5.41, 5.74) is 0.994. The number of hydrogen-bond acceptors (Lipinski definition) is 2. The maximum absolute atomic E-state index is 12.2. The second kappa shape index (κ2) is 7.12. The number of nitrogens with zero attached hydrogens (tertiary/aromatic N) is 1. The molecular weight excluding hydrogens is 254 g/mol. The molecule has 1 aromatic heterocycles. The molecule has 0 aromatic carbocycles. The van der Waals surface area contributed by atoms with Gasteiger partial charge in [-0.05, 0) is 31.4 Å². The van der Waals surface area contributed by atoms with Crippen molar-refractivity contribution in [1.82, 2.24) is 15.2 Å². The van der Waals surface area contributed by atoms with Crippen LogP contribution in [0.15, 0.2) is 18.3 Å². The van der Waals surface area contributed by atoms with E-state index in [1.807, 2.05) is 30.2 Å². The molecule has 1 aliphatic heterocycles. The third-order valence-corrected chi connectivity index (χ3v) is 3.72. The fraction of sp³-hybridized carbons (Fsp3) is 0.600. The van der Waals surface area contributed by atoms with Crippen molar-refractivity contribution in [1.29, 1.82) is 0 Å². The van der Waals surface area contributed by atoms with Gasteiger partial charge in [0.2, 0.25) is 11.8 Å². The first kappa shape index (κ1) is 14.6. The number of H-pyrrole nitrogens is 1. The molecule has 1 fully saturated rings. The van der Waals surface area contributed by atoms with Gasteiger partial charge in [-0.25, -0.2) is 0 Å². The molecule has 1 saturated heterocycles. The normalized spacial score (nSPS) is 18.9. The lowest BCUT2D eigenvalue weighted by molar-refractivity contribution is -0.135. The van der Waals surface area contributed by atoms with Crippen molar-refractivity contribution in [2.24, 2.45) is 5.92 Å². The Kier molecular flexibility index (Phi) is 5.21. The molecule has 0 saturated carbocycles. The van der Waals surface area contributed by atoms with Gasteiger partial charge in [-0.1, -0.05) is 6.92 Å². The van der Waals surface area contributed by atoms with Gasteiger partial charge in [0.25, 0.3) is 0 Å². The van der Waals surface area contributed by atoms with E-state index in [4.69, 9.17) is 0 Å². The topological polar surface area (TPSA) is 65.2 Å². The van der Waals surface area contributed by atoms with Gasteiger partial charge in [-0.2, -0.15) is 0 Å². The van der Waals surface area contributed by atoms with Crippen molar-refractivity contribution in [2.75, 3.05) is 13.1 Å². The van der Waals surface area contributed by atoms with Crippen LogP contribution in [0.25, 0.3) is 0 Å². The molecular formula is C15H23N3O2. The summed E-state index contributed by atoms with van der Waals surface area (Å²) < 4.78 is 0. The predicted octanol–water partition coefficient (Wildman–Crippen LogP) is 1.67. The molecule has 1 aromatic rings. The molecule has 1 atom stereocenters. The minimum atomic E-state index is -0.0699. The van der Waals surface area contributed by atoms with Crippen LogP contribution in [-0.4, -0.2) is 34.8 Å². The highest BCUT2D eigenvalue weighted by Gasteiger charge is 2.27. The zero-order valence-electron chi connectivity index (χ0n) is 12.0. The molecule has 1 aliphatic rings. The van der Waals surface area contributed by atoms with Crippen LogP contribution in [0.1, 0.15) is 38.3 Å². The van der Waals surface area contributed by atoms with Gasteiger partial charge in [0.05, 0.1) is 12.5 Å². The van der Waals surface area contributed by atoms with E-state index < -0.39 is 0 Å². The molecule has 0 unspecified atom stereocenters. The molecule has 2 amide bonds. The number of likely N-dealkylation sites (tertiary alicyclic amines) is 1. The van der Waals surface area contributed by atoms with Gasteiger partial charge in [0, 0.05) is 31.4 Å². The van der Waals surface area contributed by atoms with Crippen LogP contribution in [-0.2, 0) is 16.1 Å². The van der Waals surface area contributed by atoms with E-state index in [0.717, 1.165) is 31.5 Å². The summed E-state index contributed by atoms with van der Waals surface area (Å²) in [6, 6.07) is 3.85. The van der Waals surface area contributed by atoms with Crippen LogP contribution < -0.4 is 5.32 Å². The van der Waals surface area contributed by atoms with Gasteiger partial charge in [-0.3, -0.25) is 9.59 Å². The smallest absolute Gasteiger partial charge is 0.225 e. The zero-order chi connectivity index (χ0) is 14.4. The van der Waals surface area contributed by atoms with Crippen LogP contribution in [0, 0.1) is 5.92 Å². The Balaban J connectivity index is 1.81. The summed E-state index contributed by atoms with van der Waals surface area (Å²) in [5.74, 6) is 0.155. The quantitative estimate of drug-likeness (QED) is 0.860. The number of hydrogen-bond donors (Lipinski definition) is 2. The monoisotopic (exact) mass is 277 g/mol. The van der Waals surface area contributed by atoms with Crippen LogP contribution in [0.3, 0.4) is 0 Å². The zero-order valence-corrected chi connectivity index (χ0v) is 12.0. The summed E-state index contributed by atoms with van der Waals surface area (Å²) >= 11 is 0. The minimum absolute atomic E-state index is 0.0496. The van der Waals surface area contributed by atoms with Crippen molar-refractivity contribution in [2.45, 2.75) is 39.2 Å². The predicted molar refractivity (Wildman–Crippen MR) is 76.9 cm³/mol. The van der Waals surface area contributed by atoms with Crippen LogP contribution in [0.2, 0.25) is 0 Å².